The molecule has 2 aromatic carbocycles. The molecule has 0 spiro atoms. The van der Waals surface area contributed by atoms with Crippen molar-refractivity contribution in [2.24, 2.45) is 0 Å². The number of aliphatic hydroxyl groups excluding tert-OH is 2. The van der Waals surface area contributed by atoms with Gasteiger partial charge in [-0.25, -0.2) is 9.18 Å². The number of carbonyl (C=O) groups is 1. The molecule has 0 aliphatic rings. The van der Waals surface area contributed by atoms with Gasteiger partial charge >= 0.3 is 5.97 Å². The van der Waals surface area contributed by atoms with E-state index in [0.29, 0.717) is 10.0 Å². The topological polar surface area (TPSA) is 77.8 Å². The maximum absolute atomic E-state index is 15.1. The van der Waals surface area contributed by atoms with Crippen LogP contribution in [0, 0.1) is 0 Å². The molecule has 0 fully saturated rings. The molecule has 0 saturated heterocycles. The first kappa shape index (κ1) is 17.7. The Morgan fingerprint density at radius 3 is 1.43 bits per heavy atom. The van der Waals surface area contributed by atoms with Gasteiger partial charge < -0.3 is 15.3 Å². The zero-order chi connectivity index (χ0) is 17.2. The number of carboxylic acids is 1. The molecule has 0 bridgehead atoms. The van der Waals surface area contributed by atoms with Gasteiger partial charge in [0.25, 0.3) is 5.67 Å². The van der Waals surface area contributed by atoms with Gasteiger partial charge in [0.05, 0.1) is 0 Å². The van der Waals surface area contributed by atoms with Gasteiger partial charge in [0, 0.05) is 10.0 Å². The number of rotatable bonds is 5. The maximum atomic E-state index is 15.1. The second-order valence-electron chi connectivity index (χ2n) is 4.98. The lowest BCUT2D eigenvalue weighted by molar-refractivity contribution is -0.175. The van der Waals surface area contributed by atoms with E-state index in [1.54, 1.807) is 0 Å². The number of alkyl halides is 1. The molecule has 2 atom stereocenters. The third-order valence-corrected chi connectivity index (χ3v) is 4.00. The van der Waals surface area contributed by atoms with E-state index in [1.165, 1.54) is 48.5 Å². The summed E-state index contributed by atoms with van der Waals surface area (Å²) >= 11 is 11.4. The SMILES string of the molecule is O=C(O)C(F)(C(O)c1ccc(Cl)cc1)C(O)c1ccc(Cl)cc1. The first-order valence-electron chi connectivity index (χ1n) is 6.56. The van der Waals surface area contributed by atoms with Crippen LogP contribution in [0.4, 0.5) is 4.39 Å². The minimum absolute atomic E-state index is 0.0210. The first-order chi connectivity index (χ1) is 10.8. The lowest BCUT2D eigenvalue weighted by Gasteiger charge is -2.31. The normalized spacial score (nSPS) is 16.4. The molecule has 3 N–H and O–H groups in total. The van der Waals surface area contributed by atoms with E-state index in [1.807, 2.05) is 0 Å². The Balaban J connectivity index is 2.43. The summed E-state index contributed by atoms with van der Waals surface area (Å²) in [6, 6.07) is 10.7. The van der Waals surface area contributed by atoms with Crippen LogP contribution in [-0.2, 0) is 4.79 Å². The Kier molecular flexibility index (Phi) is 5.26. The van der Waals surface area contributed by atoms with E-state index >= 15 is 4.39 Å². The predicted molar refractivity (Wildman–Crippen MR) is 84.3 cm³/mol. The lowest BCUT2D eigenvalue weighted by Crippen LogP contribution is -2.46. The lowest BCUT2D eigenvalue weighted by atomic mass is 9.84. The van der Waals surface area contributed by atoms with E-state index in [9.17, 15) is 20.1 Å². The minimum Gasteiger partial charge on any atom is -0.479 e. The van der Waals surface area contributed by atoms with Crippen LogP contribution in [0.15, 0.2) is 48.5 Å². The van der Waals surface area contributed by atoms with E-state index in [-0.39, 0.29) is 11.1 Å². The average Bonchev–Trinajstić information content (AvgIpc) is 2.54. The Hall–Kier alpha value is -1.66. The average molecular weight is 359 g/mol. The van der Waals surface area contributed by atoms with E-state index in [2.05, 4.69) is 0 Å². The highest BCUT2D eigenvalue weighted by Crippen LogP contribution is 2.41. The van der Waals surface area contributed by atoms with Crippen molar-refractivity contribution in [3.63, 3.8) is 0 Å². The molecule has 2 aromatic rings. The van der Waals surface area contributed by atoms with Gasteiger partial charge in [-0.05, 0) is 35.4 Å². The van der Waals surface area contributed by atoms with Crippen molar-refractivity contribution in [1.29, 1.82) is 0 Å². The van der Waals surface area contributed by atoms with E-state index < -0.39 is 23.8 Å². The van der Waals surface area contributed by atoms with Crippen LogP contribution in [0.1, 0.15) is 23.3 Å². The number of halogens is 3. The van der Waals surface area contributed by atoms with Crippen LogP contribution in [0.5, 0.6) is 0 Å². The smallest absolute Gasteiger partial charge is 0.347 e. The summed E-state index contributed by atoms with van der Waals surface area (Å²) in [6.07, 6.45) is -4.19. The summed E-state index contributed by atoms with van der Waals surface area (Å²) in [4.78, 5) is 11.4. The highest BCUT2D eigenvalue weighted by Gasteiger charge is 2.53. The van der Waals surface area contributed by atoms with E-state index in [0.717, 1.165) is 0 Å². The fourth-order valence-electron chi connectivity index (χ4n) is 2.16. The summed E-state index contributed by atoms with van der Waals surface area (Å²) in [5.41, 5.74) is -3.39. The number of hydrogen-bond acceptors (Lipinski definition) is 3. The summed E-state index contributed by atoms with van der Waals surface area (Å²) in [7, 11) is 0. The molecule has 0 radical (unpaired) electrons. The minimum atomic E-state index is -3.35. The fourth-order valence-corrected chi connectivity index (χ4v) is 2.41. The van der Waals surface area contributed by atoms with Crippen molar-refractivity contribution in [3.8, 4) is 0 Å². The van der Waals surface area contributed by atoms with Gasteiger partial charge in [0.2, 0.25) is 0 Å². The highest BCUT2D eigenvalue weighted by atomic mass is 35.5. The molecule has 2 unspecified atom stereocenters. The van der Waals surface area contributed by atoms with Crippen molar-refractivity contribution in [1.82, 2.24) is 0 Å². The van der Waals surface area contributed by atoms with Gasteiger partial charge in [-0.1, -0.05) is 47.5 Å². The molecule has 4 nitrogen and oxygen atoms in total. The molecule has 122 valence electrons. The Morgan fingerprint density at radius 1 is 0.870 bits per heavy atom. The van der Waals surface area contributed by atoms with Crippen molar-refractivity contribution >= 4 is 29.2 Å². The second-order valence-corrected chi connectivity index (χ2v) is 5.85. The zero-order valence-electron chi connectivity index (χ0n) is 11.7. The number of aliphatic carboxylic acids is 1. The molecule has 0 heterocycles. The summed E-state index contributed by atoms with van der Waals surface area (Å²) in [5.74, 6) is -1.98. The predicted octanol–water partition coefficient (Wildman–Crippen LogP) is 3.55. The molecule has 0 aromatic heterocycles. The fraction of sp³-hybridized carbons (Fsp3) is 0.188. The van der Waals surface area contributed by atoms with Crippen LogP contribution in [-0.4, -0.2) is 27.0 Å². The van der Waals surface area contributed by atoms with E-state index in [4.69, 9.17) is 23.2 Å². The van der Waals surface area contributed by atoms with Crippen LogP contribution in [0.2, 0.25) is 10.0 Å². The highest BCUT2D eigenvalue weighted by molar-refractivity contribution is 6.30. The van der Waals surface area contributed by atoms with Crippen LogP contribution in [0.25, 0.3) is 0 Å². The Labute approximate surface area is 141 Å². The molecule has 2 rings (SSSR count). The summed E-state index contributed by atoms with van der Waals surface area (Å²) in [6.45, 7) is 0. The van der Waals surface area contributed by atoms with Gasteiger partial charge in [-0.3, -0.25) is 0 Å². The third-order valence-electron chi connectivity index (χ3n) is 3.50. The van der Waals surface area contributed by atoms with Gasteiger partial charge in [-0.15, -0.1) is 0 Å². The second kappa shape index (κ2) is 6.84. The van der Waals surface area contributed by atoms with Gasteiger partial charge in [-0.2, -0.15) is 0 Å². The quantitative estimate of drug-likeness (QED) is 0.763. The monoisotopic (exact) mass is 358 g/mol. The number of carboxylic acid groups (broad SMARTS) is 1. The zero-order valence-corrected chi connectivity index (χ0v) is 13.2. The molecule has 0 aliphatic carbocycles. The molecular formula is C16H13Cl2FO4. The first-order valence-corrected chi connectivity index (χ1v) is 7.31. The molecule has 23 heavy (non-hydrogen) atoms. The van der Waals surface area contributed by atoms with Crippen molar-refractivity contribution < 1.29 is 24.5 Å². The molecule has 7 heteroatoms. The van der Waals surface area contributed by atoms with Crippen molar-refractivity contribution in [3.05, 3.63) is 69.7 Å². The molecule has 0 aliphatic heterocycles. The number of hydrogen-bond donors (Lipinski definition) is 3. The summed E-state index contributed by atoms with van der Waals surface area (Å²) in [5, 5.41) is 30.4. The Bertz CT molecular complexity index is 637. The standard InChI is InChI=1S/C16H13Cl2FO4/c17-11-5-1-9(2-6-11)13(20)16(19,15(22)23)14(21)10-3-7-12(18)8-4-10/h1-8,13-14,20-21H,(H,22,23). The number of benzene rings is 2. The third kappa shape index (κ3) is 3.48. The maximum Gasteiger partial charge on any atom is 0.347 e. The molecule has 0 amide bonds. The Morgan fingerprint density at radius 2 is 1.17 bits per heavy atom. The largest absolute Gasteiger partial charge is 0.479 e. The number of aliphatic hydroxyl groups is 2. The van der Waals surface area contributed by atoms with Crippen LogP contribution < -0.4 is 0 Å². The van der Waals surface area contributed by atoms with Crippen molar-refractivity contribution in [2.75, 3.05) is 0 Å². The van der Waals surface area contributed by atoms with Crippen molar-refractivity contribution in [2.45, 2.75) is 17.9 Å². The molecular weight excluding hydrogens is 346 g/mol. The van der Waals surface area contributed by atoms with Crippen LogP contribution in [0.3, 0.4) is 0 Å². The van der Waals surface area contributed by atoms with Crippen LogP contribution >= 0.6 is 23.2 Å². The summed E-state index contributed by atoms with van der Waals surface area (Å²) < 4.78 is 15.1. The van der Waals surface area contributed by atoms with Gasteiger partial charge in [0.15, 0.2) is 0 Å². The molecule has 0 saturated carbocycles. The van der Waals surface area contributed by atoms with Gasteiger partial charge in [0.1, 0.15) is 12.2 Å².